The van der Waals surface area contributed by atoms with Gasteiger partial charge in [-0.15, -0.1) is 0 Å². The van der Waals surface area contributed by atoms with Crippen LogP contribution < -0.4 is 10.1 Å². The molecule has 3 rings (SSSR count). The normalized spacial score (nSPS) is 15.7. The summed E-state index contributed by atoms with van der Waals surface area (Å²) in [6, 6.07) is 12.2. The first kappa shape index (κ1) is 21.7. The van der Waals surface area contributed by atoms with E-state index < -0.39 is 6.10 Å². The van der Waals surface area contributed by atoms with Crippen LogP contribution in [0.4, 0.5) is 0 Å². The van der Waals surface area contributed by atoms with Gasteiger partial charge in [0.25, 0.3) is 5.91 Å². The van der Waals surface area contributed by atoms with Crippen LogP contribution in [-0.4, -0.2) is 30.0 Å². The molecule has 0 bridgehead atoms. The van der Waals surface area contributed by atoms with Gasteiger partial charge in [0.1, 0.15) is 5.75 Å². The number of carbonyl (C=O) groups excluding carboxylic acids is 1. The number of likely N-dealkylation sites (tertiary alicyclic amines) is 1. The third-order valence-corrected chi connectivity index (χ3v) is 6.03. The van der Waals surface area contributed by atoms with Crippen LogP contribution in [0.25, 0.3) is 0 Å². The molecule has 1 fully saturated rings. The molecule has 1 aliphatic rings. The SMILES string of the molecule is Cc1cc(OC(C)C(=O)NCc2ccc(CN3CCCCC3)cc2)cc(C)c1Cl. The molecule has 1 N–H and O–H groups in total. The van der Waals surface area contributed by atoms with Crippen LogP contribution >= 0.6 is 11.6 Å². The number of hydrogen-bond donors (Lipinski definition) is 1. The van der Waals surface area contributed by atoms with Crippen LogP contribution in [-0.2, 0) is 17.9 Å². The first-order valence-electron chi connectivity index (χ1n) is 10.4. The summed E-state index contributed by atoms with van der Waals surface area (Å²) in [4.78, 5) is 14.9. The van der Waals surface area contributed by atoms with Crippen molar-refractivity contribution in [1.82, 2.24) is 10.2 Å². The molecule has 0 saturated carbocycles. The second kappa shape index (κ2) is 10.1. The lowest BCUT2D eigenvalue weighted by molar-refractivity contribution is -0.127. The zero-order valence-corrected chi connectivity index (χ0v) is 18.4. The van der Waals surface area contributed by atoms with E-state index >= 15 is 0 Å². The lowest BCUT2D eigenvalue weighted by Crippen LogP contribution is -2.35. The van der Waals surface area contributed by atoms with E-state index in [2.05, 4.69) is 34.5 Å². The van der Waals surface area contributed by atoms with Gasteiger partial charge in [0.2, 0.25) is 0 Å². The average molecular weight is 415 g/mol. The Morgan fingerprint density at radius 2 is 1.66 bits per heavy atom. The Labute approximate surface area is 179 Å². The summed E-state index contributed by atoms with van der Waals surface area (Å²) >= 11 is 6.19. The molecule has 2 aromatic rings. The molecule has 1 saturated heterocycles. The van der Waals surface area contributed by atoms with Gasteiger partial charge in [0.15, 0.2) is 6.10 Å². The maximum absolute atomic E-state index is 12.4. The van der Waals surface area contributed by atoms with Crippen LogP contribution in [0.1, 0.15) is 48.4 Å². The number of piperidine rings is 1. The number of benzene rings is 2. The Kier molecular flexibility index (Phi) is 7.57. The van der Waals surface area contributed by atoms with E-state index in [1.165, 1.54) is 37.9 Å². The van der Waals surface area contributed by atoms with E-state index in [1.54, 1.807) is 6.92 Å². The summed E-state index contributed by atoms with van der Waals surface area (Å²) in [7, 11) is 0. The quantitative estimate of drug-likeness (QED) is 0.691. The van der Waals surface area contributed by atoms with Crippen molar-refractivity contribution in [3.63, 3.8) is 0 Å². The van der Waals surface area contributed by atoms with Gasteiger partial charge in [0.05, 0.1) is 0 Å². The second-order valence-electron chi connectivity index (χ2n) is 8.00. The summed E-state index contributed by atoms with van der Waals surface area (Å²) in [5.74, 6) is 0.529. The van der Waals surface area contributed by atoms with Crippen LogP contribution in [0.5, 0.6) is 5.75 Å². The summed E-state index contributed by atoms with van der Waals surface area (Å²) in [5, 5.41) is 3.69. The molecule has 4 nitrogen and oxygen atoms in total. The smallest absolute Gasteiger partial charge is 0.261 e. The largest absolute Gasteiger partial charge is 0.481 e. The predicted molar refractivity (Wildman–Crippen MR) is 118 cm³/mol. The molecule has 156 valence electrons. The minimum Gasteiger partial charge on any atom is -0.481 e. The van der Waals surface area contributed by atoms with E-state index in [-0.39, 0.29) is 5.91 Å². The van der Waals surface area contributed by atoms with Crippen molar-refractivity contribution in [2.75, 3.05) is 13.1 Å². The third-order valence-electron chi connectivity index (χ3n) is 5.44. The monoisotopic (exact) mass is 414 g/mol. The topological polar surface area (TPSA) is 41.6 Å². The standard InChI is InChI=1S/C24H31ClN2O2/c1-17-13-22(14-18(2)23(17)25)29-19(3)24(28)26-15-20-7-9-21(10-8-20)16-27-11-5-4-6-12-27/h7-10,13-14,19H,4-6,11-12,15-16H2,1-3H3,(H,26,28). The van der Waals surface area contributed by atoms with E-state index in [9.17, 15) is 4.79 Å². The van der Waals surface area contributed by atoms with Gasteiger partial charge in [-0.05, 0) is 81.1 Å². The summed E-state index contributed by atoms with van der Waals surface area (Å²) in [6.07, 6.45) is 3.39. The lowest BCUT2D eigenvalue weighted by Gasteiger charge is -2.26. The van der Waals surface area contributed by atoms with Gasteiger partial charge in [0, 0.05) is 18.1 Å². The van der Waals surface area contributed by atoms with Gasteiger partial charge in [-0.1, -0.05) is 42.3 Å². The van der Waals surface area contributed by atoms with Crippen LogP contribution in [0.15, 0.2) is 36.4 Å². The van der Waals surface area contributed by atoms with Gasteiger partial charge in [-0.25, -0.2) is 0 Å². The Morgan fingerprint density at radius 1 is 1.07 bits per heavy atom. The zero-order chi connectivity index (χ0) is 20.8. The van der Waals surface area contributed by atoms with Crippen molar-refractivity contribution in [2.45, 2.75) is 59.2 Å². The number of nitrogens with one attached hydrogen (secondary N) is 1. The van der Waals surface area contributed by atoms with Gasteiger partial charge < -0.3 is 10.1 Å². The van der Waals surface area contributed by atoms with E-state index in [1.807, 2.05) is 26.0 Å². The molecule has 5 heteroatoms. The minimum absolute atomic E-state index is 0.132. The molecule has 1 aliphatic heterocycles. The number of ether oxygens (including phenoxy) is 1. The highest BCUT2D eigenvalue weighted by molar-refractivity contribution is 6.32. The van der Waals surface area contributed by atoms with Crippen molar-refractivity contribution in [1.29, 1.82) is 0 Å². The number of carbonyl (C=O) groups is 1. The summed E-state index contributed by atoms with van der Waals surface area (Å²) in [5.41, 5.74) is 4.30. The van der Waals surface area contributed by atoms with E-state index in [0.717, 1.165) is 28.3 Å². The molecule has 1 amide bonds. The highest BCUT2D eigenvalue weighted by atomic mass is 35.5. The van der Waals surface area contributed by atoms with Crippen molar-refractivity contribution < 1.29 is 9.53 Å². The molecule has 1 atom stereocenters. The number of rotatable bonds is 7. The van der Waals surface area contributed by atoms with Gasteiger partial charge in [-0.2, -0.15) is 0 Å². The average Bonchev–Trinajstić information content (AvgIpc) is 2.72. The number of aryl methyl sites for hydroxylation is 2. The van der Waals surface area contributed by atoms with E-state index in [4.69, 9.17) is 16.3 Å². The molecule has 1 heterocycles. The minimum atomic E-state index is -0.576. The van der Waals surface area contributed by atoms with Crippen LogP contribution in [0.2, 0.25) is 5.02 Å². The van der Waals surface area contributed by atoms with Gasteiger partial charge in [-0.3, -0.25) is 9.69 Å². The molecule has 2 aromatic carbocycles. The molecule has 0 radical (unpaired) electrons. The fraction of sp³-hybridized carbons (Fsp3) is 0.458. The van der Waals surface area contributed by atoms with Crippen LogP contribution in [0.3, 0.4) is 0 Å². The molecule has 0 aromatic heterocycles. The second-order valence-corrected chi connectivity index (χ2v) is 8.38. The Balaban J connectivity index is 1.48. The number of hydrogen-bond acceptors (Lipinski definition) is 3. The molecule has 0 spiro atoms. The van der Waals surface area contributed by atoms with Crippen molar-refractivity contribution in [3.05, 3.63) is 63.7 Å². The first-order chi connectivity index (χ1) is 13.9. The molecule has 1 unspecified atom stereocenters. The molecule has 29 heavy (non-hydrogen) atoms. The summed E-state index contributed by atoms with van der Waals surface area (Å²) < 4.78 is 5.81. The summed E-state index contributed by atoms with van der Waals surface area (Å²) in [6.45, 7) is 9.53. The maximum Gasteiger partial charge on any atom is 0.261 e. The zero-order valence-electron chi connectivity index (χ0n) is 17.6. The van der Waals surface area contributed by atoms with Crippen molar-refractivity contribution >= 4 is 17.5 Å². The first-order valence-corrected chi connectivity index (χ1v) is 10.8. The number of amides is 1. The van der Waals surface area contributed by atoms with Gasteiger partial charge >= 0.3 is 0 Å². The molecular formula is C24H31ClN2O2. The fourth-order valence-electron chi connectivity index (χ4n) is 3.70. The number of halogens is 1. The Morgan fingerprint density at radius 3 is 2.28 bits per heavy atom. The fourth-order valence-corrected chi connectivity index (χ4v) is 3.81. The molecular weight excluding hydrogens is 384 g/mol. The highest BCUT2D eigenvalue weighted by Gasteiger charge is 2.16. The van der Waals surface area contributed by atoms with E-state index in [0.29, 0.717) is 12.3 Å². The maximum atomic E-state index is 12.4. The Hall–Kier alpha value is -2.04. The predicted octanol–water partition coefficient (Wildman–Crippen LogP) is 5.03. The Bertz CT molecular complexity index is 806. The lowest BCUT2D eigenvalue weighted by atomic mass is 10.1. The van der Waals surface area contributed by atoms with Crippen molar-refractivity contribution in [2.24, 2.45) is 0 Å². The van der Waals surface area contributed by atoms with Crippen molar-refractivity contribution in [3.8, 4) is 5.75 Å². The number of nitrogens with zero attached hydrogens (tertiary/aromatic N) is 1. The third kappa shape index (κ3) is 6.22. The highest BCUT2D eigenvalue weighted by Crippen LogP contribution is 2.26. The van der Waals surface area contributed by atoms with Crippen LogP contribution in [0, 0.1) is 13.8 Å². The molecule has 0 aliphatic carbocycles.